The zero-order valence-electron chi connectivity index (χ0n) is 6.46. The first-order valence-corrected chi connectivity index (χ1v) is 4.73. The summed E-state index contributed by atoms with van der Waals surface area (Å²) in [5.74, 6) is 1.73. The first-order valence-electron chi connectivity index (χ1n) is 4.10. The zero-order chi connectivity index (χ0) is 7.68. The van der Waals surface area contributed by atoms with E-state index in [9.17, 15) is 0 Å². The summed E-state index contributed by atoms with van der Waals surface area (Å²) in [6.45, 7) is 0. The number of rotatable bonds is 2. The molecule has 1 aromatic rings. The van der Waals surface area contributed by atoms with E-state index < -0.39 is 0 Å². The van der Waals surface area contributed by atoms with Crippen molar-refractivity contribution in [3.05, 3.63) is 35.4 Å². The molecule has 0 N–H and O–H groups in total. The van der Waals surface area contributed by atoms with Crippen molar-refractivity contribution in [3.63, 3.8) is 0 Å². The lowest BCUT2D eigenvalue weighted by molar-refractivity contribution is 1.12. The highest BCUT2D eigenvalue weighted by molar-refractivity contribution is 7.79. The van der Waals surface area contributed by atoms with Crippen LogP contribution in [0.4, 0.5) is 0 Å². The molecule has 11 heavy (non-hydrogen) atoms. The summed E-state index contributed by atoms with van der Waals surface area (Å²) in [4.78, 5) is 0. The fraction of sp³-hybridized carbons (Fsp3) is 0.400. The van der Waals surface area contributed by atoms with E-state index in [2.05, 4.69) is 36.9 Å². The van der Waals surface area contributed by atoms with Crippen molar-refractivity contribution in [1.29, 1.82) is 0 Å². The maximum Gasteiger partial charge on any atom is 0.0154 e. The Morgan fingerprint density at radius 3 is 2.27 bits per heavy atom. The molecule has 0 amide bonds. The van der Waals surface area contributed by atoms with Gasteiger partial charge < -0.3 is 0 Å². The molecule has 0 unspecified atom stereocenters. The minimum atomic E-state index is 0.852. The molecule has 0 aromatic heterocycles. The highest BCUT2D eigenvalue weighted by Crippen LogP contribution is 2.39. The Balaban J connectivity index is 2.19. The zero-order valence-corrected chi connectivity index (χ0v) is 7.35. The van der Waals surface area contributed by atoms with E-state index in [4.69, 9.17) is 0 Å². The van der Waals surface area contributed by atoms with Gasteiger partial charge in [-0.2, -0.15) is 12.6 Å². The maximum atomic E-state index is 4.21. The van der Waals surface area contributed by atoms with Crippen LogP contribution in [0.3, 0.4) is 0 Å². The molecule has 1 fully saturated rings. The molecule has 1 saturated carbocycles. The van der Waals surface area contributed by atoms with Gasteiger partial charge in [0.25, 0.3) is 0 Å². The Morgan fingerprint density at radius 2 is 1.82 bits per heavy atom. The Bertz CT molecular complexity index is 234. The van der Waals surface area contributed by atoms with Crippen molar-refractivity contribution in [3.8, 4) is 0 Å². The highest BCUT2D eigenvalue weighted by Gasteiger charge is 2.22. The van der Waals surface area contributed by atoms with Crippen LogP contribution in [-0.2, 0) is 5.75 Å². The molecular weight excluding hydrogens is 152 g/mol. The van der Waals surface area contributed by atoms with Crippen LogP contribution in [-0.4, -0.2) is 0 Å². The number of hydrogen-bond acceptors (Lipinski definition) is 1. The molecule has 0 nitrogen and oxygen atoms in total. The Hall–Kier alpha value is -0.430. The molecular formula is C10H12S. The molecule has 0 bridgehead atoms. The smallest absolute Gasteiger partial charge is 0.0154 e. The number of hydrogen-bond donors (Lipinski definition) is 1. The fourth-order valence-electron chi connectivity index (χ4n) is 1.31. The third-order valence-corrected chi connectivity index (χ3v) is 2.58. The average Bonchev–Trinajstić information content (AvgIpc) is 2.87. The molecule has 2 rings (SSSR count). The van der Waals surface area contributed by atoms with Crippen LogP contribution in [0.1, 0.15) is 29.9 Å². The van der Waals surface area contributed by atoms with Gasteiger partial charge in [-0.3, -0.25) is 0 Å². The highest BCUT2D eigenvalue weighted by atomic mass is 32.1. The summed E-state index contributed by atoms with van der Waals surface area (Å²) >= 11 is 4.21. The molecule has 0 atom stereocenters. The molecule has 0 heterocycles. The van der Waals surface area contributed by atoms with Crippen LogP contribution < -0.4 is 0 Å². The topological polar surface area (TPSA) is 0 Å². The van der Waals surface area contributed by atoms with Crippen LogP contribution in [0.25, 0.3) is 0 Å². The molecule has 0 radical (unpaired) electrons. The normalized spacial score (nSPS) is 16.8. The van der Waals surface area contributed by atoms with Gasteiger partial charge in [0, 0.05) is 5.75 Å². The van der Waals surface area contributed by atoms with Crippen molar-refractivity contribution in [2.45, 2.75) is 24.5 Å². The van der Waals surface area contributed by atoms with E-state index in [1.807, 2.05) is 0 Å². The standard InChI is InChI=1S/C10H12S/c11-7-8-1-3-9(4-2-8)10-5-6-10/h1-4,10-11H,5-7H2. The second-order valence-electron chi connectivity index (χ2n) is 3.17. The lowest BCUT2D eigenvalue weighted by atomic mass is 10.1. The van der Waals surface area contributed by atoms with Crippen molar-refractivity contribution in [1.82, 2.24) is 0 Å². The molecule has 58 valence electrons. The predicted molar refractivity (Wildman–Crippen MR) is 51.1 cm³/mol. The average molecular weight is 164 g/mol. The molecule has 1 aliphatic rings. The third-order valence-electron chi connectivity index (χ3n) is 2.21. The lowest BCUT2D eigenvalue weighted by Crippen LogP contribution is -1.80. The molecule has 1 aliphatic carbocycles. The minimum Gasteiger partial charge on any atom is -0.175 e. The second-order valence-corrected chi connectivity index (χ2v) is 3.49. The van der Waals surface area contributed by atoms with Gasteiger partial charge in [0.1, 0.15) is 0 Å². The summed E-state index contributed by atoms with van der Waals surface area (Å²) in [5, 5.41) is 0. The van der Waals surface area contributed by atoms with E-state index in [0.717, 1.165) is 11.7 Å². The van der Waals surface area contributed by atoms with Gasteiger partial charge in [-0.1, -0.05) is 24.3 Å². The van der Waals surface area contributed by atoms with Crippen molar-refractivity contribution in [2.24, 2.45) is 0 Å². The first-order chi connectivity index (χ1) is 5.40. The van der Waals surface area contributed by atoms with Crippen LogP contribution >= 0.6 is 12.6 Å². The van der Waals surface area contributed by atoms with E-state index >= 15 is 0 Å². The minimum absolute atomic E-state index is 0.852. The summed E-state index contributed by atoms with van der Waals surface area (Å²) in [7, 11) is 0. The van der Waals surface area contributed by atoms with Crippen molar-refractivity contribution >= 4 is 12.6 Å². The van der Waals surface area contributed by atoms with Gasteiger partial charge in [-0.05, 0) is 29.9 Å². The predicted octanol–water partition coefficient (Wildman–Crippen LogP) is 2.99. The molecule has 0 spiro atoms. The number of benzene rings is 1. The second kappa shape index (κ2) is 2.90. The Kier molecular flexibility index (Phi) is 1.91. The molecule has 1 aromatic carbocycles. The Morgan fingerprint density at radius 1 is 1.18 bits per heavy atom. The largest absolute Gasteiger partial charge is 0.175 e. The van der Waals surface area contributed by atoms with Gasteiger partial charge in [0.2, 0.25) is 0 Å². The monoisotopic (exact) mass is 164 g/mol. The SMILES string of the molecule is SCc1ccc(C2CC2)cc1. The van der Waals surface area contributed by atoms with E-state index in [-0.39, 0.29) is 0 Å². The van der Waals surface area contributed by atoms with Gasteiger partial charge in [0.15, 0.2) is 0 Å². The van der Waals surface area contributed by atoms with Gasteiger partial charge in [-0.25, -0.2) is 0 Å². The van der Waals surface area contributed by atoms with E-state index in [0.29, 0.717) is 0 Å². The van der Waals surface area contributed by atoms with Crippen LogP contribution in [0, 0.1) is 0 Å². The molecule has 0 saturated heterocycles. The van der Waals surface area contributed by atoms with Crippen LogP contribution in [0.5, 0.6) is 0 Å². The molecule has 0 aliphatic heterocycles. The maximum absolute atomic E-state index is 4.21. The molecule has 1 heteroatoms. The van der Waals surface area contributed by atoms with Crippen LogP contribution in [0.15, 0.2) is 24.3 Å². The van der Waals surface area contributed by atoms with Crippen molar-refractivity contribution < 1.29 is 0 Å². The number of thiol groups is 1. The van der Waals surface area contributed by atoms with Crippen molar-refractivity contribution in [2.75, 3.05) is 0 Å². The van der Waals surface area contributed by atoms with Crippen LogP contribution in [0.2, 0.25) is 0 Å². The summed E-state index contributed by atoms with van der Waals surface area (Å²) in [6, 6.07) is 8.84. The van der Waals surface area contributed by atoms with Gasteiger partial charge in [-0.15, -0.1) is 0 Å². The summed E-state index contributed by atoms with van der Waals surface area (Å²) in [6.07, 6.45) is 2.78. The lowest BCUT2D eigenvalue weighted by Gasteiger charge is -1.98. The van der Waals surface area contributed by atoms with E-state index in [1.165, 1.54) is 24.0 Å². The quantitative estimate of drug-likeness (QED) is 0.638. The van der Waals surface area contributed by atoms with Gasteiger partial charge in [0.05, 0.1) is 0 Å². The fourth-order valence-corrected chi connectivity index (χ4v) is 1.52. The first kappa shape index (κ1) is 7.23. The van der Waals surface area contributed by atoms with Gasteiger partial charge >= 0.3 is 0 Å². The van der Waals surface area contributed by atoms with E-state index in [1.54, 1.807) is 0 Å². The summed E-state index contributed by atoms with van der Waals surface area (Å²) in [5.41, 5.74) is 2.83. The third kappa shape index (κ3) is 1.59. The summed E-state index contributed by atoms with van der Waals surface area (Å²) < 4.78 is 0. The Labute approximate surface area is 73.0 Å².